The van der Waals surface area contributed by atoms with Gasteiger partial charge in [-0.15, -0.1) is 0 Å². The molecule has 3 rings (SSSR count). The molecule has 0 saturated heterocycles. The molecule has 0 aromatic heterocycles. The van der Waals surface area contributed by atoms with Crippen LogP contribution in [0.4, 0.5) is 4.39 Å². The maximum Gasteiger partial charge on any atom is 0.265 e. The van der Waals surface area contributed by atoms with Gasteiger partial charge in [0.05, 0.1) is 5.02 Å². The number of rotatable bonds is 8. The minimum Gasteiger partial charge on any atom is -0.484 e. The van der Waals surface area contributed by atoms with Crippen LogP contribution in [-0.2, 0) is 16.0 Å². The Hall–Kier alpha value is -2.77. The second kappa shape index (κ2) is 11.2. The molecule has 0 unspecified atom stereocenters. The highest BCUT2D eigenvalue weighted by atomic mass is 35.5. The Morgan fingerprint density at radius 3 is 2.81 bits per heavy atom. The molecule has 2 amide bonds. The number of halogens is 3. The fourth-order valence-corrected chi connectivity index (χ4v) is 3.47. The van der Waals surface area contributed by atoms with Crippen LogP contribution >= 0.6 is 23.2 Å². The highest BCUT2D eigenvalue weighted by Crippen LogP contribution is 2.30. The van der Waals surface area contributed by atoms with E-state index in [9.17, 15) is 14.0 Å². The lowest BCUT2D eigenvalue weighted by molar-refractivity contribution is -0.128. The Bertz CT molecular complexity index is 1030. The summed E-state index contributed by atoms with van der Waals surface area (Å²) in [7, 11) is 0. The third kappa shape index (κ3) is 6.61. The van der Waals surface area contributed by atoms with Crippen LogP contribution in [0.1, 0.15) is 25.3 Å². The van der Waals surface area contributed by atoms with Crippen LogP contribution in [0.3, 0.4) is 0 Å². The molecule has 0 spiro atoms. The zero-order valence-electron chi connectivity index (χ0n) is 17.4. The number of carbonyl (C=O) groups is 2. The van der Waals surface area contributed by atoms with Gasteiger partial charge in [-0.3, -0.25) is 9.59 Å². The van der Waals surface area contributed by atoms with E-state index >= 15 is 0 Å². The summed E-state index contributed by atoms with van der Waals surface area (Å²) in [6, 6.07) is 9.29. The van der Waals surface area contributed by atoms with Crippen molar-refractivity contribution in [3.05, 3.63) is 69.6 Å². The first-order valence-electron chi connectivity index (χ1n) is 10.1. The maximum absolute atomic E-state index is 13.4. The minimum atomic E-state index is -0.618. The summed E-state index contributed by atoms with van der Waals surface area (Å²) in [6.45, 7) is 1.83. The average molecular weight is 481 g/mol. The molecule has 2 N–H and O–H groups in total. The number of carbonyl (C=O) groups excluding carboxylic acids is 2. The van der Waals surface area contributed by atoms with E-state index in [0.717, 1.165) is 11.6 Å². The van der Waals surface area contributed by atoms with E-state index in [0.29, 0.717) is 42.3 Å². The third-order valence-corrected chi connectivity index (χ3v) is 5.41. The summed E-state index contributed by atoms with van der Waals surface area (Å²) in [4.78, 5) is 24.6. The Morgan fingerprint density at radius 1 is 1.25 bits per heavy atom. The number of allylic oxidation sites excluding steroid dienone is 1. The van der Waals surface area contributed by atoms with Gasteiger partial charge in [0.1, 0.15) is 17.3 Å². The van der Waals surface area contributed by atoms with E-state index in [2.05, 4.69) is 10.6 Å². The van der Waals surface area contributed by atoms with Crippen molar-refractivity contribution >= 4 is 35.0 Å². The van der Waals surface area contributed by atoms with Gasteiger partial charge in [0, 0.05) is 29.8 Å². The number of hydrogen-bond acceptors (Lipinski definition) is 4. The van der Waals surface area contributed by atoms with Gasteiger partial charge in [-0.25, -0.2) is 4.39 Å². The number of ether oxygens (including phenoxy) is 2. The van der Waals surface area contributed by atoms with Crippen molar-refractivity contribution in [2.75, 3.05) is 13.2 Å². The van der Waals surface area contributed by atoms with Crippen LogP contribution in [0, 0.1) is 5.82 Å². The van der Waals surface area contributed by atoms with E-state index in [4.69, 9.17) is 32.7 Å². The summed E-state index contributed by atoms with van der Waals surface area (Å²) in [5.41, 5.74) is 1.65. The van der Waals surface area contributed by atoms with E-state index < -0.39 is 11.9 Å². The summed E-state index contributed by atoms with van der Waals surface area (Å²) < 4.78 is 24.4. The fraction of sp³-hybridized carbons (Fsp3) is 0.304. The van der Waals surface area contributed by atoms with E-state index in [-0.39, 0.29) is 29.2 Å². The van der Waals surface area contributed by atoms with E-state index in [1.165, 1.54) is 12.1 Å². The molecule has 9 heteroatoms. The van der Waals surface area contributed by atoms with Gasteiger partial charge in [0.15, 0.2) is 12.7 Å². The molecule has 1 atom stereocenters. The molecule has 0 bridgehead atoms. The number of amides is 2. The number of aryl methyl sites for hydroxylation is 1. The first kappa shape index (κ1) is 23.9. The Balaban J connectivity index is 1.40. The second-order valence-corrected chi connectivity index (χ2v) is 8.01. The molecule has 1 aliphatic rings. The van der Waals surface area contributed by atoms with Gasteiger partial charge in [0.2, 0.25) is 0 Å². The van der Waals surface area contributed by atoms with Crippen molar-refractivity contribution in [1.29, 1.82) is 0 Å². The first-order chi connectivity index (χ1) is 15.4. The summed E-state index contributed by atoms with van der Waals surface area (Å²) in [6.07, 6.45) is 2.85. The molecule has 170 valence electrons. The third-order valence-electron chi connectivity index (χ3n) is 4.87. The average Bonchev–Trinajstić information content (AvgIpc) is 2.78. The van der Waals surface area contributed by atoms with Gasteiger partial charge in [-0.05, 0) is 55.7 Å². The molecule has 0 radical (unpaired) electrons. The molecule has 1 aliphatic heterocycles. The summed E-state index contributed by atoms with van der Waals surface area (Å²) >= 11 is 11.6. The quantitative estimate of drug-likeness (QED) is 0.585. The van der Waals surface area contributed by atoms with Crippen molar-refractivity contribution in [3.63, 3.8) is 0 Å². The molecule has 2 aromatic carbocycles. The maximum atomic E-state index is 13.4. The van der Waals surface area contributed by atoms with Crippen molar-refractivity contribution in [2.24, 2.45) is 0 Å². The molecule has 2 aromatic rings. The predicted octanol–water partition coefficient (Wildman–Crippen LogP) is 4.43. The molecule has 6 nitrogen and oxygen atoms in total. The van der Waals surface area contributed by atoms with Crippen molar-refractivity contribution in [3.8, 4) is 11.5 Å². The zero-order chi connectivity index (χ0) is 23.1. The standard InChI is InChI=1S/C23H23Cl2FN2O4/c1-2-16(9-10-27-22(29)13-31-17-5-6-18(25)19(26)12-17)28-23(30)21-7-3-14-11-15(24)4-8-20(14)32-21/h2,4-6,8,11-12,21H,3,7,9-10,13H2,1H3,(H,27,29)(H,28,30)/b16-2+/t21-/m1/s1. The smallest absolute Gasteiger partial charge is 0.265 e. The van der Waals surface area contributed by atoms with Gasteiger partial charge in [0.25, 0.3) is 11.8 Å². The molecule has 0 aliphatic carbocycles. The number of benzene rings is 2. The summed E-state index contributed by atoms with van der Waals surface area (Å²) in [5, 5.41) is 6.17. The molecule has 0 saturated carbocycles. The van der Waals surface area contributed by atoms with Crippen molar-refractivity contribution < 1.29 is 23.5 Å². The van der Waals surface area contributed by atoms with Crippen LogP contribution < -0.4 is 20.1 Å². The Labute approximate surface area is 195 Å². The number of fused-ring (bicyclic) bond motifs is 1. The van der Waals surface area contributed by atoms with Gasteiger partial charge in [-0.2, -0.15) is 0 Å². The molecular formula is C23H23Cl2FN2O4. The highest BCUT2D eigenvalue weighted by Gasteiger charge is 2.26. The van der Waals surface area contributed by atoms with Gasteiger partial charge in [-0.1, -0.05) is 29.3 Å². The van der Waals surface area contributed by atoms with Crippen LogP contribution in [0.15, 0.2) is 48.2 Å². The lowest BCUT2D eigenvalue weighted by atomic mass is 10.0. The topological polar surface area (TPSA) is 76.7 Å². The molecular weight excluding hydrogens is 458 g/mol. The molecule has 0 fully saturated rings. The SMILES string of the molecule is C/C=C(\CCNC(=O)COc1ccc(Cl)c(F)c1)NC(=O)[C@H]1CCc2cc(Cl)ccc2O1. The number of nitrogens with one attached hydrogen (secondary N) is 2. The van der Waals surface area contributed by atoms with Crippen LogP contribution in [-0.4, -0.2) is 31.1 Å². The molecule has 1 heterocycles. The van der Waals surface area contributed by atoms with Crippen LogP contribution in [0.2, 0.25) is 10.0 Å². The number of hydrogen-bond donors (Lipinski definition) is 2. The monoisotopic (exact) mass is 480 g/mol. The van der Waals surface area contributed by atoms with Crippen LogP contribution in [0.5, 0.6) is 11.5 Å². The Kier molecular flexibility index (Phi) is 8.36. The largest absolute Gasteiger partial charge is 0.484 e. The normalized spacial score (nSPS) is 15.4. The van der Waals surface area contributed by atoms with E-state index in [1.54, 1.807) is 25.1 Å². The zero-order valence-corrected chi connectivity index (χ0v) is 18.9. The van der Waals surface area contributed by atoms with Crippen LogP contribution in [0.25, 0.3) is 0 Å². The minimum absolute atomic E-state index is 0.0186. The second-order valence-electron chi connectivity index (χ2n) is 7.16. The summed E-state index contributed by atoms with van der Waals surface area (Å²) in [5.74, 6) is -0.353. The lowest BCUT2D eigenvalue weighted by Gasteiger charge is -2.26. The molecule has 32 heavy (non-hydrogen) atoms. The first-order valence-corrected chi connectivity index (χ1v) is 10.9. The van der Waals surface area contributed by atoms with Gasteiger partial charge < -0.3 is 20.1 Å². The fourth-order valence-electron chi connectivity index (χ4n) is 3.16. The van der Waals surface area contributed by atoms with E-state index in [1.807, 2.05) is 6.07 Å². The highest BCUT2D eigenvalue weighted by molar-refractivity contribution is 6.31. The van der Waals surface area contributed by atoms with Crippen molar-refractivity contribution in [2.45, 2.75) is 32.3 Å². The predicted molar refractivity (Wildman–Crippen MR) is 121 cm³/mol. The van der Waals surface area contributed by atoms with Crippen molar-refractivity contribution in [1.82, 2.24) is 10.6 Å². The Morgan fingerprint density at radius 2 is 2.06 bits per heavy atom. The van der Waals surface area contributed by atoms with Gasteiger partial charge >= 0.3 is 0 Å². The lowest BCUT2D eigenvalue weighted by Crippen LogP contribution is -2.40.